The molecule has 28 heavy (non-hydrogen) atoms. The number of nitrogens with one attached hydrogen (secondary N) is 2. The molecule has 6 nitrogen and oxygen atoms in total. The minimum atomic E-state index is -0.244. The number of quaternary nitrogens is 1. The van der Waals surface area contributed by atoms with E-state index in [9.17, 15) is 9.59 Å². The third kappa shape index (κ3) is 3.55. The number of aromatic nitrogens is 2. The van der Waals surface area contributed by atoms with Gasteiger partial charge in [-0.2, -0.15) is 5.10 Å². The van der Waals surface area contributed by atoms with E-state index in [1.807, 2.05) is 24.3 Å². The number of amides is 1. The van der Waals surface area contributed by atoms with Crippen molar-refractivity contribution >= 4 is 16.7 Å². The maximum Gasteiger partial charge on any atom is 0.274 e. The molecule has 1 saturated heterocycles. The molecule has 1 amide bonds. The van der Waals surface area contributed by atoms with Crippen LogP contribution in [0.5, 0.6) is 0 Å². The lowest BCUT2D eigenvalue weighted by Gasteiger charge is -2.25. The van der Waals surface area contributed by atoms with Crippen molar-refractivity contribution in [3.05, 3.63) is 76.2 Å². The van der Waals surface area contributed by atoms with Gasteiger partial charge in [0.05, 0.1) is 25.0 Å². The quantitative estimate of drug-likeness (QED) is 0.699. The molecular weight excluding hydrogens is 352 g/mol. The molecule has 0 radical (unpaired) electrons. The highest BCUT2D eigenvalue weighted by molar-refractivity contribution is 6.04. The number of rotatable bonds is 5. The van der Waals surface area contributed by atoms with Crippen LogP contribution in [0.4, 0.5) is 0 Å². The molecule has 2 N–H and O–H groups in total. The molecule has 2 aromatic carbocycles. The summed E-state index contributed by atoms with van der Waals surface area (Å²) in [4.78, 5) is 26.8. The molecule has 4 rings (SSSR count). The number of fused-ring (bicyclic) bond motifs is 1. The molecule has 1 fully saturated rings. The van der Waals surface area contributed by atoms with Gasteiger partial charge < -0.3 is 10.2 Å². The molecule has 0 aliphatic carbocycles. The van der Waals surface area contributed by atoms with Crippen molar-refractivity contribution in [2.75, 3.05) is 19.6 Å². The van der Waals surface area contributed by atoms with Gasteiger partial charge in [-0.1, -0.05) is 48.5 Å². The number of carbonyl (C=O) groups is 1. The van der Waals surface area contributed by atoms with Gasteiger partial charge in [0, 0.05) is 30.8 Å². The Kier molecular flexibility index (Phi) is 5.21. The van der Waals surface area contributed by atoms with E-state index in [2.05, 4.69) is 22.5 Å². The summed E-state index contributed by atoms with van der Waals surface area (Å²) in [7, 11) is 1.58. The van der Waals surface area contributed by atoms with E-state index in [1.54, 1.807) is 25.2 Å². The summed E-state index contributed by atoms with van der Waals surface area (Å²) in [6.07, 6.45) is 2.44. The Balaban J connectivity index is 1.60. The van der Waals surface area contributed by atoms with Crippen LogP contribution in [-0.2, 0) is 7.05 Å². The normalized spacial score (nSPS) is 15.6. The first-order valence-corrected chi connectivity index (χ1v) is 9.79. The Bertz CT molecular complexity index is 1040. The average molecular weight is 377 g/mol. The highest BCUT2D eigenvalue weighted by atomic mass is 16.2. The number of nitrogens with zero attached hydrogens (tertiary/aromatic N) is 2. The zero-order valence-electron chi connectivity index (χ0n) is 16.0. The topological polar surface area (TPSA) is 68.4 Å². The van der Waals surface area contributed by atoms with Crippen LogP contribution in [0.3, 0.4) is 0 Å². The second-order valence-corrected chi connectivity index (χ2v) is 7.36. The van der Waals surface area contributed by atoms with Crippen LogP contribution >= 0.6 is 0 Å². The molecule has 1 aliphatic heterocycles. The maximum absolute atomic E-state index is 13.0. The summed E-state index contributed by atoms with van der Waals surface area (Å²) < 4.78 is 1.23. The molecule has 0 saturated carbocycles. The summed E-state index contributed by atoms with van der Waals surface area (Å²) in [5, 5.41) is 8.41. The summed E-state index contributed by atoms with van der Waals surface area (Å²) in [6, 6.07) is 17.7. The second kappa shape index (κ2) is 7.94. The smallest absolute Gasteiger partial charge is 0.274 e. The van der Waals surface area contributed by atoms with Gasteiger partial charge >= 0.3 is 0 Å². The van der Waals surface area contributed by atoms with Crippen molar-refractivity contribution in [2.45, 2.75) is 18.9 Å². The molecule has 1 aromatic heterocycles. The third-order valence-electron chi connectivity index (χ3n) is 5.58. The minimum absolute atomic E-state index is 0.198. The second-order valence-electron chi connectivity index (χ2n) is 7.36. The molecule has 1 aliphatic rings. The Morgan fingerprint density at radius 3 is 2.43 bits per heavy atom. The highest BCUT2D eigenvalue weighted by Crippen LogP contribution is 2.14. The fraction of sp³-hybridized carbons (Fsp3) is 0.318. The van der Waals surface area contributed by atoms with Crippen LogP contribution in [0.25, 0.3) is 10.8 Å². The molecule has 144 valence electrons. The van der Waals surface area contributed by atoms with Crippen LogP contribution in [0.2, 0.25) is 0 Å². The Morgan fingerprint density at radius 2 is 1.71 bits per heavy atom. The van der Waals surface area contributed by atoms with E-state index in [4.69, 9.17) is 0 Å². The third-order valence-corrected chi connectivity index (χ3v) is 5.58. The molecule has 6 heteroatoms. The number of aryl methyl sites for hydroxylation is 1. The van der Waals surface area contributed by atoms with Crippen LogP contribution < -0.4 is 15.8 Å². The molecule has 3 aromatic rings. The van der Waals surface area contributed by atoms with Gasteiger partial charge in [-0.15, -0.1) is 0 Å². The summed E-state index contributed by atoms with van der Waals surface area (Å²) in [5.41, 5.74) is 1.33. The minimum Gasteiger partial charge on any atom is -0.344 e. The van der Waals surface area contributed by atoms with Gasteiger partial charge in [-0.25, -0.2) is 4.68 Å². The van der Waals surface area contributed by atoms with Crippen LogP contribution in [0.15, 0.2) is 59.4 Å². The van der Waals surface area contributed by atoms with Gasteiger partial charge in [0.25, 0.3) is 11.5 Å². The van der Waals surface area contributed by atoms with Crippen LogP contribution in [0.1, 0.15) is 34.9 Å². The zero-order valence-corrected chi connectivity index (χ0v) is 16.0. The number of hydrogen-bond donors (Lipinski definition) is 2. The van der Waals surface area contributed by atoms with Gasteiger partial charge in [0.2, 0.25) is 0 Å². The zero-order chi connectivity index (χ0) is 19.5. The van der Waals surface area contributed by atoms with E-state index in [0.29, 0.717) is 23.0 Å². The molecule has 0 bridgehead atoms. The van der Waals surface area contributed by atoms with Crippen molar-refractivity contribution in [1.29, 1.82) is 0 Å². The number of benzene rings is 2. The predicted octanol–water partition coefficient (Wildman–Crippen LogP) is 1.08. The van der Waals surface area contributed by atoms with Crippen molar-refractivity contribution in [3.8, 4) is 0 Å². The number of hydrogen-bond acceptors (Lipinski definition) is 3. The molecule has 0 unspecified atom stereocenters. The van der Waals surface area contributed by atoms with Crippen molar-refractivity contribution in [2.24, 2.45) is 7.05 Å². The highest BCUT2D eigenvalue weighted by Gasteiger charge is 2.28. The maximum atomic E-state index is 13.0. The summed E-state index contributed by atoms with van der Waals surface area (Å²) in [6.45, 7) is 2.78. The first-order valence-electron chi connectivity index (χ1n) is 9.79. The first-order chi connectivity index (χ1) is 13.6. The van der Waals surface area contributed by atoms with Crippen molar-refractivity contribution in [3.63, 3.8) is 0 Å². The fourth-order valence-corrected chi connectivity index (χ4v) is 4.11. The van der Waals surface area contributed by atoms with E-state index in [1.165, 1.54) is 28.0 Å². The largest absolute Gasteiger partial charge is 0.344 e. The monoisotopic (exact) mass is 377 g/mol. The Labute approximate surface area is 163 Å². The Morgan fingerprint density at radius 1 is 1.07 bits per heavy atom. The lowest BCUT2D eigenvalue weighted by molar-refractivity contribution is -0.918. The molecular formula is C22H25N4O2+. The SMILES string of the molecule is Cn1nc(C(=O)NC[C@@H](c2ccccc2)[NH+]2CCCC2)c2ccccc2c1=O. The standard InChI is InChI=1S/C22H24N4O2/c1-25-22(28)18-12-6-5-11-17(18)20(24-25)21(27)23-15-19(26-13-7-8-14-26)16-9-3-2-4-10-16/h2-6,9-12,19H,7-8,13-15H2,1H3,(H,23,27)/p+1/t19-/m0/s1. The first kappa shape index (κ1) is 18.4. The fourth-order valence-electron chi connectivity index (χ4n) is 4.11. The van der Waals surface area contributed by atoms with Crippen LogP contribution in [-0.4, -0.2) is 35.3 Å². The molecule has 2 heterocycles. The van der Waals surface area contributed by atoms with E-state index in [-0.39, 0.29) is 17.5 Å². The van der Waals surface area contributed by atoms with Gasteiger partial charge in [0.1, 0.15) is 6.04 Å². The van der Waals surface area contributed by atoms with Crippen molar-refractivity contribution < 1.29 is 9.69 Å². The van der Waals surface area contributed by atoms with E-state index < -0.39 is 0 Å². The molecule has 1 atom stereocenters. The average Bonchev–Trinajstić information content (AvgIpc) is 3.26. The number of carbonyl (C=O) groups excluding carboxylic acids is 1. The lowest BCUT2D eigenvalue weighted by atomic mass is 10.1. The Hall–Kier alpha value is -2.99. The van der Waals surface area contributed by atoms with Gasteiger partial charge in [-0.3, -0.25) is 9.59 Å². The van der Waals surface area contributed by atoms with Gasteiger partial charge in [-0.05, 0) is 6.07 Å². The summed E-state index contributed by atoms with van der Waals surface area (Å²) >= 11 is 0. The van der Waals surface area contributed by atoms with Gasteiger partial charge in [0.15, 0.2) is 5.69 Å². The predicted molar refractivity (Wildman–Crippen MR) is 108 cm³/mol. The van der Waals surface area contributed by atoms with E-state index in [0.717, 1.165) is 13.1 Å². The van der Waals surface area contributed by atoms with Crippen molar-refractivity contribution in [1.82, 2.24) is 15.1 Å². The summed E-state index contributed by atoms with van der Waals surface area (Å²) in [5.74, 6) is -0.244. The van der Waals surface area contributed by atoms with E-state index >= 15 is 0 Å². The number of likely N-dealkylation sites (tertiary alicyclic amines) is 1. The lowest BCUT2D eigenvalue weighted by Crippen LogP contribution is -3.11. The van der Waals surface area contributed by atoms with Crippen LogP contribution in [0, 0.1) is 0 Å². The molecule has 0 spiro atoms.